The zero-order valence-electron chi connectivity index (χ0n) is 9.73. The highest BCUT2D eigenvalue weighted by Gasteiger charge is 2.11. The van der Waals surface area contributed by atoms with Crippen LogP contribution in [0.1, 0.15) is 18.9 Å². The van der Waals surface area contributed by atoms with Crippen molar-refractivity contribution in [1.29, 1.82) is 0 Å². The van der Waals surface area contributed by atoms with Gasteiger partial charge in [0.05, 0.1) is 18.3 Å². The molecular formula is C11H15N3O3. The van der Waals surface area contributed by atoms with Gasteiger partial charge < -0.3 is 15.7 Å². The van der Waals surface area contributed by atoms with Gasteiger partial charge in [0.2, 0.25) is 0 Å². The number of carbonyl (C=O) groups is 2. The highest BCUT2D eigenvalue weighted by Crippen LogP contribution is 2.10. The fourth-order valence-corrected chi connectivity index (χ4v) is 1.29. The second kappa shape index (κ2) is 5.83. The number of aryl methyl sites for hydroxylation is 1. The van der Waals surface area contributed by atoms with Gasteiger partial charge in [0.15, 0.2) is 0 Å². The molecule has 1 atom stereocenters. The average Bonchev–Trinajstić information content (AvgIpc) is 2.19. The normalized spacial score (nSPS) is 11.6. The molecule has 1 aromatic rings. The minimum absolute atomic E-state index is 0.112. The number of carboxylic acid groups (broad SMARTS) is 1. The maximum atomic E-state index is 11.5. The fourth-order valence-electron chi connectivity index (χ4n) is 1.29. The molecule has 0 radical (unpaired) electrons. The van der Waals surface area contributed by atoms with Crippen LogP contribution in [0.3, 0.4) is 0 Å². The number of aromatic nitrogens is 1. The number of hydrogen-bond donors (Lipinski definition) is 3. The molecule has 0 saturated heterocycles. The molecule has 0 saturated carbocycles. The monoisotopic (exact) mass is 237 g/mol. The number of anilines is 1. The zero-order valence-corrected chi connectivity index (χ0v) is 9.73. The van der Waals surface area contributed by atoms with Crippen LogP contribution in [0, 0.1) is 6.92 Å². The second-order valence-electron chi connectivity index (χ2n) is 3.79. The molecule has 0 bridgehead atoms. The molecule has 0 aromatic carbocycles. The lowest BCUT2D eigenvalue weighted by molar-refractivity contribution is -0.137. The Morgan fingerprint density at radius 2 is 2.24 bits per heavy atom. The van der Waals surface area contributed by atoms with Crippen LogP contribution in [-0.4, -0.2) is 28.1 Å². The number of carbonyl (C=O) groups excluding carboxylic acids is 1. The molecule has 17 heavy (non-hydrogen) atoms. The highest BCUT2D eigenvalue weighted by molar-refractivity contribution is 5.90. The van der Waals surface area contributed by atoms with E-state index in [1.54, 1.807) is 19.2 Å². The molecule has 0 aliphatic rings. The van der Waals surface area contributed by atoms with Crippen LogP contribution in [0.25, 0.3) is 0 Å². The van der Waals surface area contributed by atoms with E-state index in [9.17, 15) is 9.59 Å². The second-order valence-corrected chi connectivity index (χ2v) is 3.79. The van der Waals surface area contributed by atoms with Crippen molar-refractivity contribution >= 4 is 17.7 Å². The van der Waals surface area contributed by atoms with Crippen LogP contribution in [0.2, 0.25) is 0 Å². The first-order valence-corrected chi connectivity index (χ1v) is 5.19. The molecule has 0 aliphatic carbocycles. The van der Waals surface area contributed by atoms with Crippen molar-refractivity contribution in [2.24, 2.45) is 0 Å². The first-order valence-electron chi connectivity index (χ1n) is 5.19. The number of hydrogen-bond acceptors (Lipinski definition) is 3. The lowest BCUT2D eigenvalue weighted by Crippen LogP contribution is -2.37. The number of nitrogens with zero attached hydrogens (tertiary/aromatic N) is 1. The predicted octanol–water partition coefficient (Wildman–Crippen LogP) is 1.37. The van der Waals surface area contributed by atoms with Gasteiger partial charge in [-0.3, -0.25) is 9.78 Å². The van der Waals surface area contributed by atoms with Gasteiger partial charge in [-0.25, -0.2) is 4.79 Å². The summed E-state index contributed by atoms with van der Waals surface area (Å²) in [5.41, 5.74) is 1.49. The Bertz CT molecular complexity index is 420. The van der Waals surface area contributed by atoms with E-state index in [0.29, 0.717) is 5.69 Å². The molecule has 6 nitrogen and oxygen atoms in total. The SMILES string of the molecule is Cc1ccncc1NC(=O)NC(C)CC(=O)O. The van der Waals surface area contributed by atoms with Crippen molar-refractivity contribution in [2.45, 2.75) is 26.3 Å². The van der Waals surface area contributed by atoms with E-state index in [4.69, 9.17) is 5.11 Å². The molecule has 2 amide bonds. The van der Waals surface area contributed by atoms with Crippen LogP contribution in [-0.2, 0) is 4.79 Å². The number of aliphatic carboxylic acids is 1. The summed E-state index contributed by atoms with van der Waals surface area (Å²) < 4.78 is 0. The quantitative estimate of drug-likeness (QED) is 0.737. The van der Waals surface area contributed by atoms with Gasteiger partial charge in [0.1, 0.15) is 0 Å². The van der Waals surface area contributed by atoms with Crippen molar-refractivity contribution < 1.29 is 14.7 Å². The molecule has 1 aromatic heterocycles. The molecule has 1 heterocycles. The number of amides is 2. The lowest BCUT2D eigenvalue weighted by Gasteiger charge is -2.13. The van der Waals surface area contributed by atoms with Crippen molar-refractivity contribution in [1.82, 2.24) is 10.3 Å². The summed E-state index contributed by atoms with van der Waals surface area (Å²) in [7, 11) is 0. The van der Waals surface area contributed by atoms with E-state index in [2.05, 4.69) is 15.6 Å². The van der Waals surface area contributed by atoms with Gasteiger partial charge in [-0.1, -0.05) is 0 Å². The van der Waals surface area contributed by atoms with Crippen LogP contribution < -0.4 is 10.6 Å². The minimum atomic E-state index is -0.949. The Labute approximate surface area is 99.1 Å². The summed E-state index contributed by atoms with van der Waals surface area (Å²) in [6, 6.07) is 0.912. The van der Waals surface area contributed by atoms with Gasteiger partial charge >= 0.3 is 12.0 Å². The van der Waals surface area contributed by atoms with Crippen molar-refractivity contribution in [3.63, 3.8) is 0 Å². The Morgan fingerprint density at radius 1 is 1.53 bits per heavy atom. The molecule has 3 N–H and O–H groups in total. The molecule has 92 valence electrons. The lowest BCUT2D eigenvalue weighted by atomic mass is 10.2. The van der Waals surface area contributed by atoms with Gasteiger partial charge in [-0.05, 0) is 25.5 Å². The Balaban J connectivity index is 2.50. The van der Waals surface area contributed by atoms with Crippen LogP contribution in [0.4, 0.5) is 10.5 Å². The average molecular weight is 237 g/mol. The van der Waals surface area contributed by atoms with E-state index in [1.807, 2.05) is 6.92 Å². The summed E-state index contributed by atoms with van der Waals surface area (Å²) in [6.45, 7) is 3.47. The Morgan fingerprint density at radius 3 is 2.82 bits per heavy atom. The maximum Gasteiger partial charge on any atom is 0.319 e. The first kappa shape index (κ1) is 13.0. The number of urea groups is 1. The predicted molar refractivity (Wildman–Crippen MR) is 62.8 cm³/mol. The van der Waals surface area contributed by atoms with Crippen LogP contribution in [0.15, 0.2) is 18.5 Å². The fraction of sp³-hybridized carbons (Fsp3) is 0.364. The minimum Gasteiger partial charge on any atom is -0.481 e. The summed E-state index contributed by atoms with van der Waals surface area (Å²) in [5, 5.41) is 13.7. The van der Waals surface area contributed by atoms with E-state index in [1.165, 1.54) is 6.20 Å². The topological polar surface area (TPSA) is 91.3 Å². The van der Waals surface area contributed by atoms with Gasteiger partial charge in [0, 0.05) is 12.2 Å². The smallest absolute Gasteiger partial charge is 0.319 e. The van der Waals surface area contributed by atoms with Crippen LogP contribution in [0.5, 0.6) is 0 Å². The number of carboxylic acids is 1. The van der Waals surface area contributed by atoms with Crippen molar-refractivity contribution in [3.8, 4) is 0 Å². The van der Waals surface area contributed by atoms with E-state index in [-0.39, 0.29) is 6.42 Å². The van der Waals surface area contributed by atoms with Crippen molar-refractivity contribution in [2.75, 3.05) is 5.32 Å². The highest BCUT2D eigenvalue weighted by atomic mass is 16.4. The third-order valence-electron chi connectivity index (χ3n) is 2.15. The molecule has 1 rings (SSSR count). The number of nitrogens with one attached hydrogen (secondary N) is 2. The number of pyridine rings is 1. The maximum absolute atomic E-state index is 11.5. The third kappa shape index (κ3) is 4.50. The summed E-state index contributed by atoms with van der Waals surface area (Å²) in [5.74, 6) is -0.949. The third-order valence-corrected chi connectivity index (χ3v) is 2.15. The van der Waals surface area contributed by atoms with Gasteiger partial charge in [-0.2, -0.15) is 0 Å². The Hall–Kier alpha value is -2.11. The summed E-state index contributed by atoms with van der Waals surface area (Å²) in [6.07, 6.45) is 3.06. The van der Waals surface area contributed by atoms with Gasteiger partial charge in [0.25, 0.3) is 0 Å². The Kier molecular flexibility index (Phi) is 4.45. The zero-order chi connectivity index (χ0) is 12.8. The molecular weight excluding hydrogens is 222 g/mol. The standard InChI is InChI=1S/C11H15N3O3/c1-7-3-4-12-6-9(7)14-11(17)13-8(2)5-10(15)16/h3-4,6,8H,5H2,1-2H3,(H,15,16)(H2,13,14,17). The van der Waals surface area contributed by atoms with Gasteiger partial charge in [-0.15, -0.1) is 0 Å². The number of rotatable bonds is 4. The first-order chi connectivity index (χ1) is 7.99. The van der Waals surface area contributed by atoms with Crippen molar-refractivity contribution in [3.05, 3.63) is 24.0 Å². The molecule has 0 spiro atoms. The molecule has 1 unspecified atom stereocenters. The van der Waals surface area contributed by atoms with E-state index < -0.39 is 18.0 Å². The van der Waals surface area contributed by atoms with Crippen LogP contribution >= 0.6 is 0 Å². The largest absolute Gasteiger partial charge is 0.481 e. The molecule has 6 heteroatoms. The summed E-state index contributed by atoms with van der Waals surface area (Å²) in [4.78, 5) is 25.8. The molecule has 0 fully saturated rings. The summed E-state index contributed by atoms with van der Waals surface area (Å²) >= 11 is 0. The van der Waals surface area contributed by atoms with E-state index in [0.717, 1.165) is 5.56 Å². The molecule has 0 aliphatic heterocycles. The van der Waals surface area contributed by atoms with E-state index >= 15 is 0 Å².